The fourth-order valence-electron chi connectivity index (χ4n) is 2.22. The van der Waals surface area contributed by atoms with Crippen LogP contribution in [0.25, 0.3) is 0 Å². The van der Waals surface area contributed by atoms with Gasteiger partial charge in [-0.15, -0.1) is 0 Å². The van der Waals surface area contributed by atoms with Crippen molar-refractivity contribution >= 4 is 23.6 Å². The van der Waals surface area contributed by atoms with E-state index in [2.05, 4.69) is 6.07 Å². The van der Waals surface area contributed by atoms with Crippen LogP contribution < -0.4 is 4.90 Å². The predicted molar refractivity (Wildman–Crippen MR) is 84.8 cm³/mol. The number of benzene rings is 2. The van der Waals surface area contributed by atoms with Gasteiger partial charge < -0.3 is 4.90 Å². The summed E-state index contributed by atoms with van der Waals surface area (Å²) in [7, 11) is 1.92. The predicted octanol–water partition coefficient (Wildman–Crippen LogP) is 4.22. The van der Waals surface area contributed by atoms with E-state index in [1.807, 2.05) is 43.1 Å². The molecule has 3 nitrogen and oxygen atoms in total. The fraction of sp³-hybridized carbons (Fsp3) is 0.176. The number of rotatable bonds is 4. The fourth-order valence-corrected chi connectivity index (χ4v) is 2.42. The van der Waals surface area contributed by atoms with E-state index in [4.69, 9.17) is 11.6 Å². The van der Waals surface area contributed by atoms with Gasteiger partial charge in [0.15, 0.2) is 0 Å². The number of carbonyl (C=O) groups is 1. The summed E-state index contributed by atoms with van der Waals surface area (Å²) in [4.78, 5) is 12.8. The van der Waals surface area contributed by atoms with Crippen molar-refractivity contribution < 1.29 is 4.79 Å². The summed E-state index contributed by atoms with van der Waals surface area (Å²) in [6.07, 6.45) is 0.741. The zero-order valence-electron chi connectivity index (χ0n) is 11.9. The minimum absolute atomic E-state index is 0.0536. The molecule has 0 amide bonds. The summed E-state index contributed by atoms with van der Waals surface area (Å²) in [6.45, 7) is 2.04. The molecule has 0 aliphatic heterocycles. The number of nitrogens with zero attached hydrogens (tertiary/aromatic N) is 2. The van der Waals surface area contributed by atoms with Gasteiger partial charge in [-0.2, -0.15) is 5.26 Å². The first kappa shape index (κ1) is 15.1. The second-order valence-corrected chi connectivity index (χ2v) is 5.28. The maximum absolute atomic E-state index is 10.8. The number of carbonyl (C=O) groups excluding carboxylic acids is 1. The van der Waals surface area contributed by atoms with Gasteiger partial charge in [-0.25, -0.2) is 0 Å². The van der Waals surface area contributed by atoms with Gasteiger partial charge in [0.25, 0.3) is 0 Å². The van der Waals surface area contributed by atoms with Gasteiger partial charge in [0.1, 0.15) is 12.4 Å². The van der Waals surface area contributed by atoms with Crippen LogP contribution >= 0.6 is 11.6 Å². The van der Waals surface area contributed by atoms with Crippen LogP contribution in [0.1, 0.15) is 34.5 Å². The zero-order valence-corrected chi connectivity index (χ0v) is 12.6. The summed E-state index contributed by atoms with van der Waals surface area (Å²) in [5.41, 5.74) is 2.83. The lowest BCUT2D eigenvalue weighted by atomic mass is 10.0. The standard InChI is InChI=1S/C17H15ClN2O/c1-12(14-4-3-5-16(18)9-14)20(2)17-7-6-13(11-21)8-15(17)10-19/h3-9,11-12H,1-2H3. The van der Waals surface area contributed by atoms with Gasteiger partial charge in [-0.3, -0.25) is 4.79 Å². The molecule has 4 heteroatoms. The van der Waals surface area contributed by atoms with Crippen molar-refractivity contribution in [3.8, 4) is 6.07 Å². The Morgan fingerprint density at radius 3 is 2.67 bits per heavy atom. The van der Waals surface area contributed by atoms with Crippen LogP contribution in [-0.2, 0) is 0 Å². The molecule has 0 radical (unpaired) electrons. The summed E-state index contributed by atoms with van der Waals surface area (Å²) in [5, 5.41) is 9.95. The molecule has 0 spiro atoms. The third-order valence-electron chi connectivity index (χ3n) is 3.57. The van der Waals surface area contributed by atoms with Crippen molar-refractivity contribution in [1.29, 1.82) is 5.26 Å². The lowest BCUT2D eigenvalue weighted by Gasteiger charge is -2.28. The minimum Gasteiger partial charge on any atom is -0.367 e. The van der Waals surface area contributed by atoms with Crippen LogP contribution in [0.3, 0.4) is 0 Å². The van der Waals surface area contributed by atoms with Gasteiger partial charge in [-0.05, 0) is 42.8 Å². The Morgan fingerprint density at radius 1 is 1.29 bits per heavy atom. The number of aldehydes is 1. The lowest BCUT2D eigenvalue weighted by molar-refractivity contribution is 0.112. The van der Waals surface area contributed by atoms with Gasteiger partial charge in [-0.1, -0.05) is 23.7 Å². The van der Waals surface area contributed by atoms with Crippen molar-refractivity contribution in [2.45, 2.75) is 13.0 Å². The maximum atomic E-state index is 10.8. The maximum Gasteiger partial charge on any atom is 0.150 e. The topological polar surface area (TPSA) is 44.1 Å². The highest BCUT2D eigenvalue weighted by atomic mass is 35.5. The molecule has 0 aliphatic rings. The van der Waals surface area contributed by atoms with Crippen molar-refractivity contribution in [1.82, 2.24) is 0 Å². The number of anilines is 1. The smallest absolute Gasteiger partial charge is 0.150 e. The van der Waals surface area contributed by atoms with Crippen LogP contribution in [0.15, 0.2) is 42.5 Å². The Kier molecular flexibility index (Phi) is 4.62. The molecule has 0 N–H and O–H groups in total. The van der Waals surface area contributed by atoms with Gasteiger partial charge >= 0.3 is 0 Å². The van der Waals surface area contributed by atoms with E-state index in [9.17, 15) is 10.1 Å². The van der Waals surface area contributed by atoms with Crippen LogP contribution in [0.4, 0.5) is 5.69 Å². The summed E-state index contributed by atoms with van der Waals surface area (Å²) in [6, 6.07) is 15.0. The van der Waals surface area contributed by atoms with E-state index in [1.54, 1.807) is 18.2 Å². The number of hydrogen-bond acceptors (Lipinski definition) is 3. The summed E-state index contributed by atoms with van der Waals surface area (Å²) in [5.74, 6) is 0. The third-order valence-corrected chi connectivity index (χ3v) is 3.80. The average Bonchev–Trinajstić information content (AvgIpc) is 2.52. The first-order valence-corrected chi connectivity index (χ1v) is 6.92. The van der Waals surface area contributed by atoms with Gasteiger partial charge in [0.2, 0.25) is 0 Å². The lowest BCUT2D eigenvalue weighted by Crippen LogP contribution is -2.22. The normalized spacial score (nSPS) is 11.5. The van der Waals surface area contributed by atoms with E-state index in [0.717, 1.165) is 17.5 Å². The van der Waals surface area contributed by atoms with E-state index in [-0.39, 0.29) is 6.04 Å². The molecule has 106 valence electrons. The molecule has 0 saturated carbocycles. The molecule has 0 aromatic heterocycles. The number of hydrogen-bond donors (Lipinski definition) is 0. The average molecular weight is 299 g/mol. The first-order valence-electron chi connectivity index (χ1n) is 6.54. The van der Waals surface area contributed by atoms with Crippen molar-refractivity contribution in [3.63, 3.8) is 0 Å². The van der Waals surface area contributed by atoms with Crippen LogP contribution in [-0.4, -0.2) is 13.3 Å². The molecule has 1 atom stereocenters. The van der Waals surface area contributed by atoms with Crippen LogP contribution in [0.5, 0.6) is 0 Å². The second-order valence-electron chi connectivity index (χ2n) is 4.85. The second kappa shape index (κ2) is 6.43. The molecule has 21 heavy (non-hydrogen) atoms. The minimum atomic E-state index is 0.0536. The first-order chi connectivity index (χ1) is 10.1. The molecule has 0 heterocycles. The third kappa shape index (κ3) is 3.24. The highest BCUT2D eigenvalue weighted by Crippen LogP contribution is 2.29. The largest absolute Gasteiger partial charge is 0.367 e. The van der Waals surface area contributed by atoms with Gasteiger partial charge in [0, 0.05) is 17.6 Å². The van der Waals surface area contributed by atoms with Crippen LogP contribution in [0, 0.1) is 11.3 Å². The quantitative estimate of drug-likeness (QED) is 0.794. The van der Waals surface area contributed by atoms with E-state index < -0.39 is 0 Å². The van der Waals surface area contributed by atoms with E-state index in [0.29, 0.717) is 16.1 Å². The molecule has 1 unspecified atom stereocenters. The number of nitriles is 1. The Morgan fingerprint density at radius 2 is 2.05 bits per heavy atom. The molecule has 0 aliphatic carbocycles. The Labute approximate surface area is 129 Å². The summed E-state index contributed by atoms with van der Waals surface area (Å²) < 4.78 is 0. The Hall–Kier alpha value is -2.31. The SMILES string of the molecule is CC(c1cccc(Cl)c1)N(C)c1ccc(C=O)cc1C#N. The molecule has 2 aromatic rings. The van der Waals surface area contributed by atoms with E-state index in [1.165, 1.54) is 0 Å². The monoisotopic (exact) mass is 298 g/mol. The molecule has 0 saturated heterocycles. The summed E-state index contributed by atoms with van der Waals surface area (Å²) >= 11 is 6.03. The van der Waals surface area contributed by atoms with Gasteiger partial charge in [0.05, 0.1) is 17.3 Å². The van der Waals surface area contributed by atoms with Crippen molar-refractivity contribution in [2.24, 2.45) is 0 Å². The van der Waals surface area contributed by atoms with Crippen molar-refractivity contribution in [3.05, 3.63) is 64.2 Å². The zero-order chi connectivity index (χ0) is 15.4. The Bertz CT molecular complexity index is 706. The molecular weight excluding hydrogens is 284 g/mol. The molecule has 0 fully saturated rings. The van der Waals surface area contributed by atoms with E-state index >= 15 is 0 Å². The molecule has 2 rings (SSSR count). The highest BCUT2D eigenvalue weighted by molar-refractivity contribution is 6.30. The highest BCUT2D eigenvalue weighted by Gasteiger charge is 2.16. The van der Waals surface area contributed by atoms with Crippen molar-refractivity contribution in [2.75, 3.05) is 11.9 Å². The van der Waals surface area contributed by atoms with Crippen LogP contribution in [0.2, 0.25) is 5.02 Å². The molecule has 0 bridgehead atoms. The molecule has 2 aromatic carbocycles. The molecular formula is C17H15ClN2O. The number of halogens is 1. The Balaban J connectivity index is 2.38.